The molecule has 0 fully saturated rings. The quantitative estimate of drug-likeness (QED) is 0.834. The molecule has 2 heterocycles. The van der Waals surface area contributed by atoms with E-state index in [9.17, 15) is 0 Å². The van der Waals surface area contributed by atoms with Gasteiger partial charge in [-0.05, 0) is 37.7 Å². The van der Waals surface area contributed by atoms with E-state index in [1.54, 1.807) is 13.3 Å². The topological polar surface area (TPSA) is 42.8 Å². The molecule has 0 radical (unpaired) electrons. The largest absolute Gasteiger partial charge is 0.383 e. The van der Waals surface area contributed by atoms with Crippen molar-refractivity contribution < 1.29 is 4.74 Å². The molecule has 0 bridgehead atoms. The highest BCUT2D eigenvalue weighted by atomic mass is 32.1. The van der Waals surface area contributed by atoms with Gasteiger partial charge >= 0.3 is 0 Å². The van der Waals surface area contributed by atoms with E-state index in [1.807, 2.05) is 17.6 Å². The molecule has 0 saturated carbocycles. The van der Waals surface area contributed by atoms with Crippen LogP contribution in [-0.4, -0.2) is 28.3 Å². The first-order valence-corrected chi connectivity index (χ1v) is 5.60. The third kappa shape index (κ3) is 1.76. The number of nitrogens with zero attached hydrogens (tertiary/aromatic N) is 2. The Bertz CT molecular complexity index is 558. The highest BCUT2D eigenvalue weighted by Crippen LogP contribution is 2.19. The van der Waals surface area contributed by atoms with Crippen molar-refractivity contribution in [2.24, 2.45) is 0 Å². The van der Waals surface area contributed by atoms with Gasteiger partial charge in [-0.25, -0.2) is 4.98 Å². The summed E-state index contributed by atoms with van der Waals surface area (Å²) >= 11 is 5.31. The van der Waals surface area contributed by atoms with Crippen molar-refractivity contribution in [2.75, 3.05) is 13.7 Å². The number of imidazole rings is 1. The van der Waals surface area contributed by atoms with E-state index in [2.05, 4.69) is 16.9 Å². The van der Waals surface area contributed by atoms with Crippen molar-refractivity contribution in [3.05, 3.63) is 22.6 Å². The fourth-order valence-electron chi connectivity index (χ4n) is 1.87. The van der Waals surface area contributed by atoms with Gasteiger partial charge in [0.2, 0.25) is 0 Å². The van der Waals surface area contributed by atoms with E-state index in [4.69, 9.17) is 17.0 Å². The number of pyridine rings is 1. The van der Waals surface area contributed by atoms with Crippen molar-refractivity contribution in [3.63, 3.8) is 0 Å². The summed E-state index contributed by atoms with van der Waals surface area (Å²) < 4.78 is 7.85. The second-order valence-electron chi connectivity index (χ2n) is 3.93. The van der Waals surface area contributed by atoms with Crippen LogP contribution in [0.15, 0.2) is 12.3 Å². The lowest BCUT2D eigenvalue weighted by Gasteiger charge is -2.12. The zero-order valence-electron chi connectivity index (χ0n) is 9.65. The molecule has 0 aliphatic carbocycles. The SMILES string of the molecule is COCC(C)n1c(=S)[nH]c2c(C)ccnc21. The van der Waals surface area contributed by atoms with E-state index in [-0.39, 0.29) is 6.04 Å². The van der Waals surface area contributed by atoms with Gasteiger partial charge in [-0.1, -0.05) is 0 Å². The monoisotopic (exact) mass is 237 g/mol. The third-order valence-corrected chi connectivity index (χ3v) is 2.97. The molecular weight excluding hydrogens is 222 g/mol. The zero-order valence-corrected chi connectivity index (χ0v) is 10.5. The number of H-pyrrole nitrogens is 1. The number of rotatable bonds is 3. The predicted octanol–water partition coefficient (Wildman–Crippen LogP) is 2.61. The smallest absolute Gasteiger partial charge is 0.179 e. The van der Waals surface area contributed by atoms with Crippen LogP contribution in [0.4, 0.5) is 0 Å². The summed E-state index contributed by atoms with van der Waals surface area (Å²) in [5.41, 5.74) is 3.06. The first kappa shape index (κ1) is 11.3. The van der Waals surface area contributed by atoms with Crippen LogP contribution in [0.3, 0.4) is 0 Å². The van der Waals surface area contributed by atoms with Gasteiger partial charge in [0, 0.05) is 13.3 Å². The van der Waals surface area contributed by atoms with Gasteiger partial charge in [-0.2, -0.15) is 0 Å². The van der Waals surface area contributed by atoms with Crippen LogP contribution >= 0.6 is 12.2 Å². The minimum Gasteiger partial charge on any atom is -0.383 e. The lowest BCUT2D eigenvalue weighted by Crippen LogP contribution is -2.11. The molecule has 0 aliphatic heterocycles. The number of ether oxygens (including phenoxy) is 1. The van der Waals surface area contributed by atoms with Gasteiger partial charge in [-0.3, -0.25) is 4.57 Å². The molecule has 4 nitrogen and oxygen atoms in total. The molecule has 2 aromatic heterocycles. The Kier molecular flexibility index (Phi) is 3.07. The molecular formula is C11H15N3OS. The summed E-state index contributed by atoms with van der Waals surface area (Å²) in [6.45, 7) is 4.73. The van der Waals surface area contributed by atoms with E-state index >= 15 is 0 Å². The number of hydrogen-bond acceptors (Lipinski definition) is 3. The van der Waals surface area contributed by atoms with E-state index in [1.165, 1.54) is 0 Å². The molecule has 1 atom stereocenters. The fourth-order valence-corrected chi connectivity index (χ4v) is 2.24. The first-order chi connectivity index (χ1) is 7.65. The summed E-state index contributed by atoms with van der Waals surface area (Å²) in [4.78, 5) is 7.57. The summed E-state index contributed by atoms with van der Waals surface area (Å²) in [5, 5.41) is 0. The van der Waals surface area contributed by atoms with Crippen molar-refractivity contribution in [3.8, 4) is 0 Å². The number of aryl methyl sites for hydroxylation is 1. The summed E-state index contributed by atoms with van der Waals surface area (Å²) in [7, 11) is 1.69. The Morgan fingerprint density at radius 2 is 2.38 bits per heavy atom. The van der Waals surface area contributed by atoms with E-state index in [0.717, 1.165) is 16.7 Å². The molecule has 5 heteroatoms. The summed E-state index contributed by atoms with van der Waals surface area (Å²) in [6.07, 6.45) is 1.80. The molecule has 1 N–H and O–H groups in total. The highest BCUT2D eigenvalue weighted by Gasteiger charge is 2.12. The minimum atomic E-state index is 0.181. The lowest BCUT2D eigenvalue weighted by atomic mass is 10.2. The normalized spacial score (nSPS) is 13.2. The van der Waals surface area contributed by atoms with Crippen LogP contribution < -0.4 is 0 Å². The Hall–Kier alpha value is -1.20. The molecule has 1 unspecified atom stereocenters. The molecule has 0 amide bonds. The third-order valence-electron chi connectivity index (χ3n) is 2.67. The Balaban J connectivity index is 2.65. The van der Waals surface area contributed by atoms with Crippen molar-refractivity contribution in [1.82, 2.24) is 14.5 Å². The van der Waals surface area contributed by atoms with Gasteiger partial charge in [0.15, 0.2) is 10.4 Å². The van der Waals surface area contributed by atoms with Gasteiger partial charge in [0.25, 0.3) is 0 Å². The van der Waals surface area contributed by atoms with Crippen LogP contribution in [0.25, 0.3) is 11.2 Å². The van der Waals surface area contributed by atoms with Crippen LogP contribution in [0.2, 0.25) is 0 Å². The predicted molar refractivity (Wildman–Crippen MR) is 66.2 cm³/mol. The molecule has 0 saturated heterocycles. The Labute approximate surface area is 99.3 Å². The van der Waals surface area contributed by atoms with Gasteiger partial charge < -0.3 is 9.72 Å². The van der Waals surface area contributed by atoms with E-state index in [0.29, 0.717) is 11.4 Å². The van der Waals surface area contributed by atoms with Crippen molar-refractivity contribution in [1.29, 1.82) is 0 Å². The molecule has 0 aliphatic rings. The second-order valence-corrected chi connectivity index (χ2v) is 4.32. The maximum atomic E-state index is 5.31. The number of hydrogen-bond donors (Lipinski definition) is 1. The van der Waals surface area contributed by atoms with Gasteiger partial charge in [-0.15, -0.1) is 0 Å². The number of aromatic amines is 1. The molecule has 2 aromatic rings. The summed E-state index contributed by atoms with van der Waals surface area (Å²) in [6, 6.07) is 2.15. The summed E-state index contributed by atoms with van der Waals surface area (Å²) in [5.74, 6) is 0. The number of aromatic nitrogens is 3. The van der Waals surface area contributed by atoms with E-state index < -0.39 is 0 Å². The Morgan fingerprint density at radius 3 is 3.06 bits per heavy atom. The maximum Gasteiger partial charge on any atom is 0.179 e. The zero-order chi connectivity index (χ0) is 11.7. The average Bonchev–Trinajstić information content (AvgIpc) is 2.56. The van der Waals surface area contributed by atoms with Crippen LogP contribution in [0.5, 0.6) is 0 Å². The number of fused-ring (bicyclic) bond motifs is 1. The van der Waals surface area contributed by atoms with Crippen LogP contribution in [0, 0.1) is 11.7 Å². The van der Waals surface area contributed by atoms with Crippen molar-refractivity contribution in [2.45, 2.75) is 19.9 Å². The molecule has 2 rings (SSSR count). The lowest BCUT2D eigenvalue weighted by molar-refractivity contribution is 0.163. The Morgan fingerprint density at radius 1 is 1.62 bits per heavy atom. The molecule has 16 heavy (non-hydrogen) atoms. The first-order valence-electron chi connectivity index (χ1n) is 5.20. The van der Waals surface area contributed by atoms with Crippen LogP contribution in [0.1, 0.15) is 18.5 Å². The second kappa shape index (κ2) is 4.35. The number of nitrogens with one attached hydrogen (secondary N) is 1. The average molecular weight is 237 g/mol. The van der Waals surface area contributed by atoms with Gasteiger partial charge in [0.05, 0.1) is 18.2 Å². The van der Waals surface area contributed by atoms with Crippen molar-refractivity contribution >= 4 is 23.4 Å². The molecule has 0 aromatic carbocycles. The molecule has 0 spiro atoms. The minimum absolute atomic E-state index is 0.181. The number of methoxy groups -OCH3 is 1. The highest BCUT2D eigenvalue weighted by molar-refractivity contribution is 7.71. The van der Waals surface area contributed by atoms with Gasteiger partial charge in [0.1, 0.15) is 0 Å². The van der Waals surface area contributed by atoms with Crippen LogP contribution in [-0.2, 0) is 4.74 Å². The standard InChI is InChI=1S/C11H15N3OS/c1-7-4-5-12-10-9(7)13-11(16)14(10)8(2)6-15-3/h4-5,8H,6H2,1-3H3,(H,13,16). The molecule has 86 valence electrons. The fraction of sp³-hybridized carbons (Fsp3) is 0.455. The maximum absolute atomic E-state index is 5.31.